The Labute approximate surface area is 331 Å². The van der Waals surface area contributed by atoms with Gasteiger partial charge in [-0.05, 0) is 48.7 Å². The summed E-state index contributed by atoms with van der Waals surface area (Å²) in [5.74, 6) is -0.525. The van der Waals surface area contributed by atoms with E-state index in [0.29, 0.717) is 48.7 Å². The lowest BCUT2D eigenvalue weighted by molar-refractivity contribution is -0.135. The maximum absolute atomic E-state index is 13.6. The molecule has 10 rings (SSSR count). The van der Waals surface area contributed by atoms with Crippen molar-refractivity contribution in [3.63, 3.8) is 0 Å². The summed E-state index contributed by atoms with van der Waals surface area (Å²) >= 11 is 0. The molecular weight excluding hydrogens is 744 g/mol. The van der Waals surface area contributed by atoms with Crippen molar-refractivity contribution in [3.8, 4) is 11.3 Å². The maximum Gasteiger partial charge on any atom is 0.329 e. The smallest absolute Gasteiger partial charge is 0.329 e. The quantitative estimate of drug-likeness (QED) is 0.194. The number of nitrogens with zero attached hydrogens (tertiary/aromatic N) is 9. The van der Waals surface area contributed by atoms with Crippen molar-refractivity contribution >= 4 is 63.0 Å². The largest absolute Gasteiger partial charge is 0.385 e. The van der Waals surface area contributed by atoms with Crippen LogP contribution in [0, 0.1) is 0 Å². The first-order valence-corrected chi connectivity index (χ1v) is 19.6. The number of para-hydroxylation sites is 1. The van der Waals surface area contributed by atoms with E-state index in [-0.39, 0.29) is 30.1 Å². The average Bonchev–Trinajstić information content (AvgIpc) is 3.53. The Morgan fingerprint density at radius 2 is 1.71 bits per heavy atom. The van der Waals surface area contributed by atoms with Gasteiger partial charge in [-0.3, -0.25) is 33.8 Å². The van der Waals surface area contributed by atoms with E-state index >= 15 is 0 Å². The van der Waals surface area contributed by atoms with E-state index < -0.39 is 30.1 Å². The Hall–Kier alpha value is -6.78. The van der Waals surface area contributed by atoms with Crippen LogP contribution in [0.3, 0.4) is 0 Å². The third-order valence-corrected chi connectivity index (χ3v) is 11.9. The number of benzene rings is 2. The normalized spacial score (nSPS) is 20.5. The molecule has 3 amide bonds. The third kappa shape index (κ3) is 5.82. The van der Waals surface area contributed by atoms with Crippen LogP contribution in [0.25, 0.3) is 27.9 Å². The molecule has 2 aromatic carbocycles. The van der Waals surface area contributed by atoms with Crippen molar-refractivity contribution in [1.82, 2.24) is 39.3 Å². The van der Waals surface area contributed by atoms with Crippen LogP contribution in [0.1, 0.15) is 41.4 Å². The number of carbonyl (C=O) groups is 3. The second-order valence-electron chi connectivity index (χ2n) is 15.3. The van der Waals surface area contributed by atoms with Crippen LogP contribution < -0.4 is 36.3 Å². The number of nitrogens with one attached hydrogen (secondary N) is 3. The molecular formula is C41H41FN12O4. The number of alkyl halides is 1. The number of piperazine rings is 1. The summed E-state index contributed by atoms with van der Waals surface area (Å²) in [4.78, 5) is 67.2. The Kier molecular flexibility index (Phi) is 8.42. The number of aryl methyl sites for hydroxylation is 1. The van der Waals surface area contributed by atoms with Crippen molar-refractivity contribution in [2.24, 2.45) is 7.05 Å². The number of imidazole rings is 2. The van der Waals surface area contributed by atoms with Crippen LogP contribution >= 0.6 is 0 Å². The fourth-order valence-corrected chi connectivity index (χ4v) is 8.77. The second kappa shape index (κ2) is 13.7. The number of fused-ring (bicyclic) bond motifs is 3. The summed E-state index contributed by atoms with van der Waals surface area (Å²) in [6, 6.07) is 16.9. The highest BCUT2D eigenvalue weighted by atomic mass is 19.1. The highest BCUT2D eigenvalue weighted by Crippen LogP contribution is 2.41. The molecule has 1 saturated carbocycles. The van der Waals surface area contributed by atoms with Crippen LogP contribution in [0.4, 0.5) is 33.0 Å². The molecule has 0 spiro atoms. The summed E-state index contributed by atoms with van der Waals surface area (Å²) in [5, 5.41) is 13.2. The predicted octanol–water partition coefficient (Wildman–Crippen LogP) is 3.33. The van der Waals surface area contributed by atoms with Gasteiger partial charge in [-0.1, -0.05) is 18.2 Å². The number of rotatable bonds is 8. The number of amides is 3. The standard InChI is InChI=1S/C41H41FN12O4/c1-43-29-21-35(48-54-34(22-45-38(29)54)40(57)46-28-20-26(28)42)52-14-12-25-24(5-3-6-30(25)52)27-19-23(11-13-44-27)50-15-17-51(18-16-50)31-7-4-8-32-37(31)49(2)41(58)53(32)33-9-10-36(55)47-39(33)56/h3-8,11,13,19,21-22,26,28,33,43H,9-10,12,14-18,20H2,1-2H3,(H,46,57)(H,47,55,56)/t26-,28+,33?/m0/s1. The van der Waals surface area contributed by atoms with E-state index in [4.69, 9.17) is 10.1 Å². The average molecular weight is 785 g/mol. The number of piperidine rings is 1. The van der Waals surface area contributed by atoms with E-state index in [1.165, 1.54) is 15.3 Å². The van der Waals surface area contributed by atoms with Gasteiger partial charge < -0.3 is 25.3 Å². The van der Waals surface area contributed by atoms with E-state index in [0.717, 1.165) is 58.9 Å². The predicted molar refractivity (Wildman–Crippen MR) is 217 cm³/mol. The van der Waals surface area contributed by atoms with Gasteiger partial charge in [-0.2, -0.15) is 0 Å². The minimum absolute atomic E-state index is 0.191. The molecule has 3 atom stereocenters. The van der Waals surface area contributed by atoms with Gasteiger partial charge in [-0.25, -0.2) is 18.7 Å². The van der Waals surface area contributed by atoms with Gasteiger partial charge in [-0.15, -0.1) is 5.10 Å². The van der Waals surface area contributed by atoms with E-state index in [1.54, 1.807) is 18.7 Å². The van der Waals surface area contributed by atoms with E-state index in [9.17, 15) is 23.6 Å². The molecule has 6 aromatic rings. The molecule has 4 aromatic heterocycles. The molecule has 3 N–H and O–H groups in total. The fourth-order valence-electron chi connectivity index (χ4n) is 8.77. The van der Waals surface area contributed by atoms with Crippen LogP contribution in [0.15, 0.2) is 71.8 Å². The van der Waals surface area contributed by atoms with Gasteiger partial charge in [0.05, 0.1) is 40.3 Å². The van der Waals surface area contributed by atoms with Crippen molar-refractivity contribution in [2.75, 3.05) is 59.8 Å². The third-order valence-electron chi connectivity index (χ3n) is 11.9. The molecule has 296 valence electrons. The molecule has 3 aliphatic heterocycles. The molecule has 0 bridgehead atoms. The number of carbonyl (C=O) groups excluding carboxylic acids is 3. The van der Waals surface area contributed by atoms with Gasteiger partial charge >= 0.3 is 5.69 Å². The summed E-state index contributed by atoms with van der Waals surface area (Å²) in [6.45, 7) is 3.59. The van der Waals surface area contributed by atoms with E-state index in [1.807, 2.05) is 42.6 Å². The van der Waals surface area contributed by atoms with Crippen molar-refractivity contribution < 1.29 is 18.8 Å². The minimum Gasteiger partial charge on any atom is -0.385 e. The Morgan fingerprint density at radius 1 is 0.931 bits per heavy atom. The first-order valence-electron chi connectivity index (χ1n) is 19.6. The number of halogens is 1. The van der Waals surface area contributed by atoms with Crippen LogP contribution in [0.2, 0.25) is 0 Å². The maximum atomic E-state index is 13.6. The molecule has 16 nitrogen and oxygen atoms in total. The lowest BCUT2D eigenvalue weighted by Gasteiger charge is -2.37. The Bertz CT molecular complexity index is 2730. The topological polar surface area (TPSA) is 167 Å². The van der Waals surface area contributed by atoms with Gasteiger partial charge in [0.1, 0.15) is 12.2 Å². The van der Waals surface area contributed by atoms with Crippen molar-refractivity contribution in [2.45, 2.75) is 43.9 Å². The number of aromatic nitrogens is 6. The van der Waals surface area contributed by atoms with Crippen molar-refractivity contribution in [3.05, 3.63) is 88.7 Å². The highest BCUT2D eigenvalue weighted by molar-refractivity contribution is 6.00. The zero-order valence-corrected chi connectivity index (χ0v) is 32.0. The number of imide groups is 1. The Balaban J connectivity index is 0.891. The molecule has 58 heavy (non-hydrogen) atoms. The van der Waals surface area contributed by atoms with Gasteiger partial charge in [0, 0.05) is 88.9 Å². The first-order chi connectivity index (χ1) is 28.2. The number of hydrogen-bond donors (Lipinski definition) is 3. The van der Waals surface area contributed by atoms with Gasteiger partial charge in [0.2, 0.25) is 11.8 Å². The number of anilines is 5. The summed E-state index contributed by atoms with van der Waals surface area (Å²) in [6.07, 6.45) is 3.86. The molecule has 0 radical (unpaired) electrons. The molecule has 3 fully saturated rings. The summed E-state index contributed by atoms with van der Waals surface area (Å²) < 4.78 is 18.2. The fraction of sp³-hybridized carbons (Fsp3) is 0.341. The van der Waals surface area contributed by atoms with E-state index in [2.05, 4.69) is 53.8 Å². The molecule has 7 heterocycles. The molecule has 4 aliphatic rings. The number of pyridine rings is 1. The zero-order chi connectivity index (χ0) is 39.8. The monoisotopic (exact) mass is 784 g/mol. The lowest BCUT2D eigenvalue weighted by Crippen LogP contribution is -2.46. The van der Waals surface area contributed by atoms with Crippen molar-refractivity contribution in [1.29, 1.82) is 0 Å². The SMILES string of the molecule is CNc1cc(N2CCc3c(-c4cc(N5CCN(c6cccc7c6n(C)c(=O)n7C6CCC(=O)NC6=O)CC5)ccn4)cccc32)nn2c(C(=O)N[C@@H]3C[C@@H]3F)cnc12. The second-order valence-corrected chi connectivity index (χ2v) is 15.3. The summed E-state index contributed by atoms with van der Waals surface area (Å²) in [5.41, 5.74) is 8.68. The molecule has 1 unspecified atom stereocenters. The zero-order valence-electron chi connectivity index (χ0n) is 32.0. The highest BCUT2D eigenvalue weighted by Gasteiger charge is 2.39. The molecule has 2 saturated heterocycles. The number of hydrogen-bond acceptors (Lipinski definition) is 11. The van der Waals surface area contributed by atoms with Crippen LogP contribution in [-0.2, 0) is 23.1 Å². The van der Waals surface area contributed by atoms with Crippen LogP contribution in [0.5, 0.6) is 0 Å². The van der Waals surface area contributed by atoms with Gasteiger partial charge in [0.25, 0.3) is 5.91 Å². The van der Waals surface area contributed by atoms with Crippen LogP contribution in [-0.4, -0.2) is 98.4 Å². The van der Waals surface area contributed by atoms with Gasteiger partial charge in [0.15, 0.2) is 17.2 Å². The molecule has 17 heteroatoms. The lowest BCUT2D eigenvalue weighted by atomic mass is 10.0. The molecule has 1 aliphatic carbocycles. The first kappa shape index (κ1) is 35.6. The minimum atomic E-state index is -1.02. The summed E-state index contributed by atoms with van der Waals surface area (Å²) in [7, 11) is 3.53. The Morgan fingerprint density at radius 3 is 2.48 bits per heavy atom.